The number of rotatable bonds is 6. The van der Waals surface area contributed by atoms with Gasteiger partial charge in [0.15, 0.2) is 0 Å². The summed E-state index contributed by atoms with van der Waals surface area (Å²) in [5.74, 6) is 0. The van der Waals surface area contributed by atoms with Crippen molar-refractivity contribution in [1.82, 2.24) is 10.2 Å². The molecule has 1 unspecified atom stereocenters. The molecule has 106 valence electrons. The molecular weight excluding hydrogens is 328 g/mol. The van der Waals surface area contributed by atoms with Gasteiger partial charge in [-0.2, -0.15) is 0 Å². The molecule has 3 nitrogen and oxygen atoms in total. The highest BCUT2D eigenvalue weighted by atomic mass is 79.9. The Morgan fingerprint density at radius 1 is 1.47 bits per heavy atom. The first kappa shape index (κ1) is 15.3. The first-order valence-electron chi connectivity index (χ1n) is 6.69. The number of hydrogen-bond acceptors (Lipinski definition) is 3. The van der Waals surface area contributed by atoms with E-state index in [1.807, 2.05) is 12.1 Å². The van der Waals surface area contributed by atoms with Crippen LogP contribution in [0.25, 0.3) is 0 Å². The summed E-state index contributed by atoms with van der Waals surface area (Å²) in [5, 5.41) is 13.5. The van der Waals surface area contributed by atoms with E-state index in [9.17, 15) is 5.11 Å². The molecule has 0 radical (unpaired) electrons. The Morgan fingerprint density at radius 3 is 3.00 bits per heavy atom. The quantitative estimate of drug-likeness (QED) is 0.830. The molecule has 1 aromatic rings. The molecule has 2 N–H and O–H groups in total. The number of aliphatic hydroxyl groups is 1. The highest BCUT2D eigenvalue weighted by molar-refractivity contribution is 9.10. The minimum atomic E-state index is 0.179. The molecule has 1 aliphatic heterocycles. The van der Waals surface area contributed by atoms with Crippen molar-refractivity contribution in [2.75, 3.05) is 26.2 Å². The van der Waals surface area contributed by atoms with Gasteiger partial charge in [-0.15, -0.1) is 0 Å². The van der Waals surface area contributed by atoms with Crippen LogP contribution in [-0.2, 0) is 6.54 Å². The number of benzene rings is 1. The Morgan fingerprint density at radius 2 is 2.32 bits per heavy atom. The van der Waals surface area contributed by atoms with E-state index in [-0.39, 0.29) is 6.61 Å². The SMILES string of the molecule is OCCN(Cc1cc(Br)ccc1Cl)CC1CCCN1. The second-order valence-electron chi connectivity index (χ2n) is 4.99. The largest absolute Gasteiger partial charge is 0.395 e. The molecule has 1 aromatic carbocycles. The lowest BCUT2D eigenvalue weighted by Gasteiger charge is -2.25. The van der Waals surface area contributed by atoms with Crippen molar-refractivity contribution in [2.45, 2.75) is 25.4 Å². The van der Waals surface area contributed by atoms with Gasteiger partial charge in [0.2, 0.25) is 0 Å². The van der Waals surface area contributed by atoms with Crippen molar-refractivity contribution >= 4 is 27.5 Å². The normalized spacial score (nSPS) is 19.3. The zero-order chi connectivity index (χ0) is 13.7. The molecular formula is C14H20BrClN2O. The summed E-state index contributed by atoms with van der Waals surface area (Å²) >= 11 is 9.71. The Bertz CT molecular complexity index is 410. The van der Waals surface area contributed by atoms with Gasteiger partial charge in [-0.3, -0.25) is 4.90 Å². The molecule has 0 bridgehead atoms. The molecule has 1 saturated heterocycles. The van der Waals surface area contributed by atoms with Crippen LogP contribution in [0.3, 0.4) is 0 Å². The lowest BCUT2D eigenvalue weighted by Crippen LogP contribution is -2.38. The summed E-state index contributed by atoms with van der Waals surface area (Å²) in [6.45, 7) is 3.70. The molecule has 1 aliphatic rings. The van der Waals surface area contributed by atoms with Crippen LogP contribution in [0.15, 0.2) is 22.7 Å². The summed E-state index contributed by atoms with van der Waals surface area (Å²) in [6.07, 6.45) is 2.46. The van der Waals surface area contributed by atoms with Crippen LogP contribution in [0.1, 0.15) is 18.4 Å². The Hall–Kier alpha value is -0.130. The maximum absolute atomic E-state index is 9.21. The Balaban J connectivity index is 2.00. The van der Waals surface area contributed by atoms with Gasteiger partial charge in [-0.05, 0) is 43.1 Å². The lowest BCUT2D eigenvalue weighted by molar-refractivity contribution is 0.179. The molecule has 0 saturated carbocycles. The fourth-order valence-electron chi connectivity index (χ4n) is 2.51. The van der Waals surface area contributed by atoms with Crippen molar-refractivity contribution in [3.05, 3.63) is 33.3 Å². The van der Waals surface area contributed by atoms with E-state index >= 15 is 0 Å². The van der Waals surface area contributed by atoms with Gasteiger partial charge in [0.05, 0.1) is 6.61 Å². The molecule has 19 heavy (non-hydrogen) atoms. The van der Waals surface area contributed by atoms with E-state index in [2.05, 4.69) is 32.2 Å². The van der Waals surface area contributed by atoms with E-state index in [0.717, 1.165) is 34.7 Å². The molecule has 1 heterocycles. The second-order valence-corrected chi connectivity index (χ2v) is 6.31. The summed E-state index contributed by atoms with van der Waals surface area (Å²) in [4.78, 5) is 2.26. The smallest absolute Gasteiger partial charge is 0.0558 e. The molecule has 0 amide bonds. The van der Waals surface area contributed by atoms with Gasteiger partial charge < -0.3 is 10.4 Å². The highest BCUT2D eigenvalue weighted by Gasteiger charge is 2.18. The van der Waals surface area contributed by atoms with Gasteiger partial charge in [0, 0.05) is 35.2 Å². The van der Waals surface area contributed by atoms with Gasteiger partial charge in [-0.1, -0.05) is 27.5 Å². The topological polar surface area (TPSA) is 35.5 Å². The summed E-state index contributed by atoms with van der Waals surface area (Å²) in [7, 11) is 0. The average Bonchev–Trinajstić information content (AvgIpc) is 2.87. The van der Waals surface area contributed by atoms with Crippen molar-refractivity contribution in [2.24, 2.45) is 0 Å². The maximum atomic E-state index is 9.21. The third kappa shape index (κ3) is 4.72. The number of aliphatic hydroxyl groups excluding tert-OH is 1. The van der Waals surface area contributed by atoms with Crippen molar-refractivity contribution in [3.8, 4) is 0 Å². The first-order valence-corrected chi connectivity index (χ1v) is 7.86. The highest BCUT2D eigenvalue weighted by Crippen LogP contribution is 2.22. The average molecular weight is 348 g/mol. The zero-order valence-electron chi connectivity index (χ0n) is 10.9. The summed E-state index contributed by atoms with van der Waals surface area (Å²) in [6, 6.07) is 6.44. The van der Waals surface area contributed by atoms with Crippen LogP contribution in [0.5, 0.6) is 0 Å². The van der Waals surface area contributed by atoms with Gasteiger partial charge in [0.1, 0.15) is 0 Å². The predicted octanol–water partition coefficient (Wildman–Crippen LogP) is 2.65. The minimum absolute atomic E-state index is 0.179. The molecule has 0 aromatic heterocycles. The van der Waals surface area contributed by atoms with E-state index < -0.39 is 0 Å². The summed E-state index contributed by atoms with van der Waals surface area (Å²) in [5.41, 5.74) is 1.10. The Kier molecular flexibility index (Phi) is 6.10. The van der Waals surface area contributed by atoms with Crippen LogP contribution < -0.4 is 5.32 Å². The number of nitrogens with zero attached hydrogens (tertiary/aromatic N) is 1. The van der Waals surface area contributed by atoms with E-state index in [4.69, 9.17) is 11.6 Å². The van der Waals surface area contributed by atoms with Gasteiger partial charge in [-0.25, -0.2) is 0 Å². The van der Waals surface area contributed by atoms with Gasteiger partial charge in [0.25, 0.3) is 0 Å². The van der Waals surface area contributed by atoms with Gasteiger partial charge >= 0.3 is 0 Å². The van der Waals surface area contributed by atoms with Crippen molar-refractivity contribution < 1.29 is 5.11 Å². The van der Waals surface area contributed by atoms with Crippen LogP contribution in [-0.4, -0.2) is 42.3 Å². The fourth-order valence-corrected chi connectivity index (χ4v) is 3.09. The molecule has 5 heteroatoms. The van der Waals surface area contributed by atoms with Crippen molar-refractivity contribution in [1.29, 1.82) is 0 Å². The molecule has 1 atom stereocenters. The van der Waals surface area contributed by atoms with Crippen LogP contribution in [0.2, 0.25) is 5.02 Å². The third-order valence-electron chi connectivity index (χ3n) is 3.46. The number of halogens is 2. The third-order valence-corrected chi connectivity index (χ3v) is 4.32. The number of nitrogens with one attached hydrogen (secondary N) is 1. The minimum Gasteiger partial charge on any atom is -0.395 e. The van der Waals surface area contributed by atoms with E-state index in [0.29, 0.717) is 12.6 Å². The monoisotopic (exact) mass is 346 g/mol. The summed E-state index contributed by atoms with van der Waals surface area (Å²) < 4.78 is 1.04. The molecule has 1 fully saturated rings. The maximum Gasteiger partial charge on any atom is 0.0558 e. The lowest BCUT2D eigenvalue weighted by atomic mass is 10.1. The van der Waals surface area contributed by atoms with E-state index in [1.54, 1.807) is 0 Å². The fraction of sp³-hybridized carbons (Fsp3) is 0.571. The van der Waals surface area contributed by atoms with Crippen LogP contribution >= 0.6 is 27.5 Å². The molecule has 0 aliphatic carbocycles. The predicted molar refractivity (Wildman–Crippen MR) is 82.5 cm³/mol. The van der Waals surface area contributed by atoms with Crippen molar-refractivity contribution in [3.63, 3.8) is 0 Å². The second kappa shape index (κ2) is 7.60. The molecule has 2 rings (SSSR count). The van der Waals surface area contributed by atoms with E-state index in [1.165, 1.54) is 12.8 Å². The standard InChI is InChI=1S/C14H20BrClN2O/c15-12-3-4-14(16)11(8-12)9-18(6-7-19)10-13-2-1-5-17-13/h3-4,8,13,17,19H,1-2,5-7,9-10H2. The Labute approximate surface area is 128 Å². The number of hydrogen-bond donors (Lipinski definition) is 2. The molecule has 0 spiro atoms. The first-order chi connectivity index (χ1) is 9.19. The van der Waals surface area contributed by atoms with Crippen LogP contribution in [0.4, 0.5) is 0 Å². The zero-order valence-corrected chi connectivity index (χ0v) is 13.3. The van der Waals surface area contributed by atoms with Crippen LogP contribution in [0, 0.1) is 0 Å².